The van der Waals surface area contributed by atoms with Gasteiger partial charge in [-0.2, -0.15) is 0 Å². The van der Waals surface area contributed by atoms with E-state index >= 15 is 0 Å². The van der Waals surface area contributed by atoms with Crippen molar-refractivity contribution in [1.82, 2.24) is 9.88 Å². The summed E-state index contributed by atoms with van der Waals surface area (Å²) in [6, 6.07) is 16.6. The number of hydrogen-bond acceptors (Lipinski definition) is 2. The molecule has 1 amide bonds. The van der Waals surface area contributed by atoms with E-state index in [-0.39, 0.29) is 11.6 Å². The maximum absolute atomic E-state index is 13.4. The lowest BCUT2D eigenvalue weighted by Crippen LogP contribution is -2.24. The first-order valence-electron chi connectivity index (χ1n) is 11.0. The lowest BCUT2D eigenvalue weighted by Gasteiger charge is -2.17. The largest absolute Gasteiger partial charge is 0.345 e. The van der Waals surface area contributed by atoms with E-state index in [2.05, 4.69) is 17.1 Å². The number of aromatic nitrogens is 1. The zero-order valence-electron chi connectivity index (χ0n) is 18.1. The van der Waals surface area contributed by atoms with Crippen LogP contribution < -0.4 is 0 Å². The van der Waals surface area contributed by atoms with E-state index in [1.165, 1.54) is 29.8 Å². The smallest absolute Gasteiger partial charge is 0.209 e. The van der Waals surface area contributed by atoms with Gasteiger partial charge in [0, 0.05) is 25.5 Å². The monoisotopic (exact) mass is 434 g/mol. The van der Waals surface area contributed by atoms with Crippen LogP contribution in [-0.2, 0) is 11.2 Å². The molecule has 0 saturated carbocycles. The Balaban J connectivity index is 1.52. The molecular weight excluding hydrogens is 406 g/mol. The predicted octanol–water partition coefficient (Wildman–Crippen LogP) is 6.05. The fraction of sp³-hybridized carbons (Fsp3) is 0.259. The molecule has 0 atom stereocenters. The van der Waals surface area contributed by atoms with Crippen LogP contribution >= 0.6 is 0 Å². The van der Waals surface area contributed by atoms with Gasteiger partial charge in [-0.15, -0.1) is 0 Å². The van der Waals surface area contributed by atoms with Gasteiger partial charge in [-0.05, 0) is 84.7 Å². The topological polar surface area (TPSA) is 33.2 Å². The van der Waals surface area contributed by atoms with Crippen LogP contribution in [0.4, 0.5) is 8.78 Å². The molecule has 32 heavy (non-hydrogen) atoms. The number of rotatable bonds is 12. The van der Waals surface area contributed by atoms with E-state index in [1.807, 2.05) is 17.2 Å². The third kappa shape index (κ3) is 7.41. The lowest BCUT2D eigenvalue weighted by atomic mass is 9.96. The van der Waals surface area contributed by atoms with Gasteiger partial charge in [0.15, 0.2) is 0 Å². The Morgan fingerprint density at radius 2 is 1.47 bits per heavy atom. The molecule has 0 aliphatic carbocycles. The predicted molar refractivity (Wildman–Crippen MR) is 124 cm³/mol. The van der Waals surface area contributed by atoms with Crippen LogP contribution in [-0.4, -0.2) is 29.4 Å². The molecule has 3 aromatic rings. The zero-order valence-corrected chi connectivity index (χ0v) is 18.1. The summed E-state index contributed by atoms with van der Waals surface area (Å²) in [5, 5.41) is 0. The van der Waals surface area contributed by atoms with Crippen LogP contribution in [0.5, 0.6) is 0 Å². The van der Waals surface area contributed by atoms with Crippen molar-refractivity contribution in [3.8, 4) is 0 Å². The SMILES string of the molecule is O=CN(CCCC=C(c1ccc(F)cc1)c1ccc(F)cc1)CCCCc1cccnc1. The van der Waals surface area contributed by atoms with Gasteiger partial charge in [-0.1, -0.05) is 36.4 Å². The van der Waals surface area contributed by atoms with Crippen LogP contribution in [0.15, 0.2) is 79.1 Å². The molecule has 0 radical (unpaired) electrons. The van der Waals surface area contributed by atoms with E-state index < -0.39 is 0 Å². The number of unbranched alkanes of at least 4 members (excludes halogenated alkanes) is 2. The van der Waals surface area contributed by atoms with Crippen molar-refractivity contribution < 1.29 is 13.6 Å². The Morgan fingerprint density at radius 1 is 0.844 bits per heavy atom. The van der Waals surface area contributed by atoms with Gasteiger partial charge in [0.2, 0.25) is 6.41 Å². The van der Waals surface area contributed by atoms with E-state index in [0.717, 1.165) is 61.8 Å². The fourth-order valence-electron chi connectivity index (χ4n) is 3.61. The second-order valence-corrected chi connectivity index (χ2v) is 7.73. The summed E-state index contributed by atoms with van der Waals surface area (Å²) in [4.78, 5) is 17.4. The fourth-order valence-corrected chi connectivity index (χ4v) is 3.61. The highest BCUT2D eigenvalue weighted by atomic mass is 19.1. The minimum absolute atomic E-state index is 0.294. The molecule has 0 aliphatic rings. The number of hydrogen-bond donors (Lipinski definition) is 0. The van der Waals surface area contributed by atoms with Gasteiger partial charge in [0.25, 0.3) is 0 Å². The number of nitrogens with zero attached hydrogens (tertiary/aromatic N) is 2. The average Bonchev–Trinajstić information content (AvgIpc) is 2.82. The second kappa shape index (κ2) is 12.5. The van der Waals surface area contributed by atoms with Gasteiger partial charge >= 0.3 is 0 Å². The van der Waals surface area contributed by atoms with Crippen molar-refractivity contribution in [1.29, 1.82) is 0 Å². The summed E-state index contributed by atoms with van der Waals surface area (Å²) in [5.74, 6) is -0.588. The number of halogens is 2. The van der Waals surface area contributed by atoms with Crippen LogP contribution in [0.25, 0.3) is 5.57 Å². The van der Waals surface area contributed by atoms with E-state index in [0.29, 0.717) is 6.54 Å². The van der Waals surface area contributed by atoms with E-state index in [9.17, 15) is 13.6 Å². The minimum Gasteiger partial charge on any atom is -0.345 e. The average molecular weight is 435 g/mol. The third-order valence-corrected chi connectivity index (χ3v) is 5.34. The van der Waals surface area contributed by atoms with Crippen molar-refractivity contribution in [2.45, 2.75) is 32.1 Å². The Bertz CT molecular complexity index is 939. The van der Waals surface area contributed by atoms with Crippen molar-refractivity contribution in [2.24, 2.45) is 0 Å². The molecule has 0 unspecified atom stereocenters. The second-order valence-electron chi connectivity index (χ2n) is 7.73. The molecule has 1 heterocycles. The summed E-state index contributed by atoms with van der Waals surface area (Å²) < 4.78 is 26.7. The Labute approximate surface area is 188 Å². The molecule has 0 aliphatic heterocycles. The van der Waals surface area contributed by atoms with Gasteiger partial charge in [0.1, 0.15) is 11.6 Å². The Kier molecular flexibility index (Phi) is 9.11. The number of allylic oxidation sites excluding steroid dienone is 1. The summed E-state index contributed by atoms with van der Waals surface area (Å²) in [7, 11) is 0. The zero-order chi connectivity index (χ0) is 22.6. The molecule has 0 bridgehead atoms. The highest BCUT2D eigenvalue weighted by Gasteiger charge is 2.07. The molecule has 166 valence electrons. The maximum Gasteiger partial charge on any atom is 0.209 e. The molecule has 5 heteroatoms. The van der Waals surface area contributed by atoms with Gasteiger partial charge in [-0.25, -0.2) is 8.78 Å². The summed E-state index contributed by atoms with van der Waals surface area (Å²) in [5.41, 5.74) is 3.89. The lowest BCUT2D eigenvalue weighted by molar-refractivity contribution is -0.118. The normalized spacial score (nSPS) is 10.6. The maximum atomic E-state index is 13.4. The molecular formula is C27H28F2N2O. The third-order valence-electron chi connectivity index (χ3n) is 5.34. The number of carbonyl (C=O) groups is 1. The summed E-state index contributed by atoms with van der Waals surface area (Å²) >= 11 is 0. The van der Waals surface area contributed by atoms with Crippen LogP contribution in [0.1, 0.15) is 42.4 Å². The van der Waals surface area contributed by atoms with E-state index in [4.69, 9.17) is 0 Å². The van der Waals surface area contributed by atoms with Gasteiger partial charge in [-0.3, -0.25) is 9.78 Å². The highest BCUT2D eigenvalue weighted by molar-refractivity contribution is 5.79. The molecule has 3 rings (SSSR count). The number of benzene rings is 2. The molecule has 0 saturated heterocycles. The molecule has 1 aromatic heterocycles. The number of pyridine rings is 1. The summed E-state index contributed by atoms with van der Waals surface area (Å²) in [6.07, 6.45) is 11.1. The van der Waals surface area contributed by atoms with Crippen molar-refractivity contribution in [2.75, 3.05) is 13.1 Å². The van der Waals surface area contributed by atoms with E-state index in [1.54, 1.807) is 30.5 Å². The number of carbonyl (C=O) groups excluding carboxylic acids is 1. The first-order valence-corrected chi connectivity index (χ1v) is 11.0. The van der Waals surface area contributed by atoms with Crippen molar-refractivity contribution in [3.63, 3.8) is 0 Å². The first-order chi connectivity index (χ1) is 15.7. The molecule has 0 N–H and O–H groups in total. The quantitative estimate of drug-likeness (QED) is 0.257. The van der Waals surface area contributed by atoms with Crippen molar-refractivity contribution in [3.05, 3.63) is 107 Å². The van der Waals surface area contributed by atoms with Gasteiger partial charge in [0.05, 0.1) is 0 Å². The van der Waals surface area contributed by atoms with Crippen LogP contribution in [0.2, 0.25) is 0 Å². The Morgan fingerprint density at radius 3 is 2.03 bits per heavy atom. The van der Waals surface area contributed by atoms with Crippen LogP contribution in [0.3, 0.4) is 0 Å². The summed E-state index contributed by atoms with van der Waals surface area (Å²) in [6.45, 7) is 1.41. The first kappa shape index (κ1) is 23.3. The molecule has 0 fully saturated rings. The molecule has 3 nitrogen and oxygen atoms in total. The minimum atomic E-state index is -0.294. The van der Waals surface area contributed by atoms with Crippen LogP contribution in [0, 0.1) is 11.6 Å². The highest BCUT2D eigenvalue weighted by Crippen LogP contribution is 2.25. The van der Waals surface area contributed by atoms with Crippen molar-refractivity contribution >= 4 is 12.0 Å². The van der Waals surface area contributed by atoms with Gasteiger partial charge < -0.3 is 4.90 Å². The molecule has 0 spiro atoms. The molecule has 2 aromatic carbocycles. The Hall–Kier alpha value is -3.34. The number of aryl methyl sites for hydroxylation is 1. The number of amides is 1. The standard InChI is InChI=1S/C27H28F2N2O/c28-25-13-9-23(10-14-25)27(24-11-15-26(29)16-12-24)8-2-4-19-31(21-32)18-3-1-6-22-7-5-17-30-20-22/h5,7-17,20-21H,1-4,6,18-19H2.